The van der Waals surface area contributed by atoms with Crippen LogP contribution in [-0.2, 0) is 6.18 Å². The minimum Gasteiger partial charge on any atom is -0.472 e. The van der Waals surface area contributed by atoms with E-state index in [1.165, 1.54) is 6.07 Å². The first-order chi connectivity index (χ1) is 16.3. The highest BCUT2D eigenvalue weighted by atomic mass is 19.4. The number of fused-ring (bicyclic) bond motifs is 3. The van der Waals surface area contributed by atoms with Gasteiger partial charge >= 0.3 is 6.18 Å². The van der Waals surface area contributed by atoms with Gasteiger partial charge < -0.3 is 9.64 Å². The number of carbonyl (C=O) groups excluding carboxylic acids is 1. The number of nitrogens with zero attached hydrogens (tertiary/aromatic N) is 4. The molecule has 0 N–H and O–H groups in total. The van der Waals surface area contributed by atoms with Crippen molar-refractivity contribution in [3.05, 3.63) is 71.9 Å². The molecule has 4 heterocycles. The normalized spacial score (nSPS) is 22.0. The van der Waals surface area contributed by atoms with Crippen LogP contribution in [0, 0.1) is 11.7 Å². The zero-order valence-electron chi connectivity index (χ0n) is 17.9. The summed E-state index contributed by atoms with van der Waals surface area (Å²) in [6, 6.07) is 8.78. The van der Waals surface area contributed by atoms with Gasteiger partial charge in [0.2, 0.25) is 5.88 Å². The van der Waals surface area contributed by atoms with Gasteiger partial charge in [0.05, 0.1) is 29.6 Å². The molecule has 6 rings (SSSR count). The molecule has 1 saturated carbocycles. The average molecular weight is 472 g/mol. The third-order valence-corrected chi connectivity index (χ3v) is 6.34. The van der Waals surface area contributed by atoms with Crippen LogP contribution >= 0.6 is 0 Å². The highest BCUT2D eigenvalue weighted by Crippen LogP contribution is 2.39. The van der Waals surface area contributed by atoms with Crippen LogP contribution in [-0.4, -0.2) is 44.4 Å². The molecule has 0 spiro atoms. The Balaban J connectivity index is 1.38. The molecule has 10 heteroatoms. The molecule has 0 unspecified atom stereocenters. The van der Waals surface area contributed by atoms with Gasteiger partial charge in [-0.05, 0) is 37.3 Å². The lowest BCUT2D eigenvalue weighted by Crippen LogP contribution is -2.59. The van der Waals surface area contributed by atoms with Crippen LogP contribution in [0.25, 0.3) is 11.4 Å². The van der Waals surface area contributed by atoms with Crippen LogP contribution in [0.15, 0.2) is 55.0 Å². The second-order valence-corrected chi connectivity index (χ2v) is 8.51. The van der Waals surface area contributed by atoms with Gasteiger partial charge in [-0.2, -0.15) is 13.2 Å². The smallest absolute Gasteiger partial charge is 0.417 e. The van der Waals surface area contributed by atoms with E-state index < -0.39 is 17.6 Å². The number of hydrogen-bond acceptors (Lipinski definition) is 5. The van der Waals surface area contributed by atoms with Crippen molar-refractivity contribution in [2.24, 2.45) is 5.92 Å². The Morgan fingerprint density at radius 2 is 1.76 bits per heavy atom. The molecular formula is C24H20F4N4O2. The number of halogens is 4. The third kappa shape index (κ3) is 4.32. The summed E-state index contributed by atoms with van der Waals surface area (Å²) >= 11 is 0. The number of rotatable bonds is 4. The number of piperidine rings is 2. The molecule has 2 aromatic heterocycles. The fourth-order valence-electron chi connectivity index (χ4n) is 4.74. The van der Waals surface area contributed by atoms with Gasteiger partial charge in [-0.3, -0.25) is 4.79 Å². The minimum absolute atomic E-state index is 0.0954. The average Bonchev–Trinajstić information content (AvgIpc) is 2.84. The number of alkyl halides is 3. The van der Waals surface area contributed by atoms with Crippen molar-refractivity contribution >= 4 is 5.91 Å². The fourth-order valence-corrected chi connectivity index (χ4v) is 4.74. The predicted molar refractivity (Wildman–Crippen MR) is 113 cm³/mol. The number of pyridine rings is 1. The van der Waals surface area contributed by atoms with Crippen LogP contribution in [0.2, 0.25) is 0 Å². The maximum atomic E-state index is 13.6. The van der Waals surface area contributed by atoms with Crippen molar-refractivity contribution in [1.29, 1.82) is 0 Å². The Hall–Kier alpha value is -3.56. The number of benzene rings is 1. The summed E-state index contributed by atoms with van der Waals surface area (Å²) in [5.74, 6) is -0.236. The summed E-state index contributed by atoms with van der Waals surface area (Å²) in [7, 11) is 0. The SMILES string of the molecule is O=C(c1ccccc1-c1ncc(F)cn1)N1C[C@H]2CC[C@H]1[C@H](Oc1ccc(C(F)(F)F)cn1)C2. The van der Waals surface area contributed by atoms with Gasteiger partial charge in [0.25, 0.3) is 5.91 Å². The molecule has 0 radical (unpaired) electrons. The molecule has 3 aliphatic rings. The van der Waals surface area contributed by atoms with Crippen LogP contribution in [0.1, 0.15) is 35.2 Å². The van der Waals surface area contributed by atoms with Gasteiger partial charge in [0, 0.05) is 24.4 Å². The minimum atomic E-state index is -4.47. The zero-order chi connectivity index (χ0) is 23.9. The molecular weight excluding hydrogens is 452 g/mol. The second kappa shape index (κ2) is 8.66. The molecule has 176 valence electrons. The molecule has 34 heavy (non-hydrogen) atoms. The second-order valence-electron chi connectivity index (χ2n) is 8.51. The number of amides is 1. The number of ether oxygens (including phenoxy) is 1. The Bertz CT molecular complexity index is 1180. The van der Waals surface area contributed by atoms with E-state index in [4.69, 9.17) is 4.74 Å². The first kappa shape index (κ1) is 22.2. The lowest BCUT2D eigenvalue weighted by atomic mass is 9.77. The number of carbonyl (C=O) groups is 1. The lowest BCUT2D eigenvalue weighted by Gasteiger charge is -2.49. The fraction of sp³-hybridized carbons (Fsp3) is 0.333. The molecule has 3 atom stereocenters. The van der Waals surface area contributed by atoms with Gasteiger partial charge in [-0.15, -0.1) is 0 Å². The van der Waals surface area contributed by atoms with E-state index in [1.807, 2.05) is 0 Å². The zero-order valence-corrected chi connectivity index (χ0v) is 17.9. The topological polar surface area (TPSA) is 68.2 Å². The van der Waals surface area contributed by atoms with Crippen molar-refractivity contribution in [2.75, 3.05) is 6.54 Å². The number of aromatic nitrogens is 3. The highest BCUT2D eigenvalue weighted by molar-refractivity contribution is 6.00. The summed E-state index contributed by atoms with van der Waals surface area (Å²) in [5, 5.41) is 0. The Kier molecular flexibility index (Phi) is 5.66. The quantitative estimate of drug-likeness (QED) is 0.512. The molecule has 6 nitrogen and oxygen atoms in total. The van der Waals surface area contributed by atoms with Gasteiger partial charge in [-0.1, -0.05) is 18.2 Å². The number of hydrogen-bond donors (Lipinski definition) is 0. The molecule has 1 amide bonds. The van der Waals surface area contributed by atoms with Gasteiger partial charge in [0.15, 0.2) is 11.6 Å². The van der Waals surface area contributed by atoms with E-state index >= 15 is 0 Å². The van der Waals surface area contributed by atoms with E-state index in [2.05, 4.69) is 15.0 Å². The molecule has 3 fully saturated rings. The van der Waals surface area contributed by atoms with Gasteiger partial charge in [-0.25, -0.2) is 19.3 Å². The van der Waals surface area contributed by atoms with Crippen molar-refractivity contribution in [3.63, 3.8) is 0 Å². The third-order valence-electron chi connectivity index (χ3n) is 6.34. The van der Waals surface area contributed by atoms with E-state index in [1.54, 1.807) is 29.2 Å². The molecule has 1 aromatic carbocycles. The molecule has 2 aliphatic heterocycles. The van der Waals surface area contributed by atoms with Crippen molar-refractivity contribution in [3.8, 4) is 17.3 Å². The summed E-state index contributed by atoms with van der Waals surface area (Å²) in [4.78, 5) is 27.2. The monoisotopic (exact) mass is 472 g/mol. The van der Waals surface area contributed by atoms with E-state index in [-0.39, 0.29) is 35.7 Å². The van der Waals surface area contributed by atoms with E-state index in [0.29, 0.717) is 24.1 Å². The van der Waals surface area contributed by atoms with Crippen molar-refractivity contribution in [2.45, 2.75) is 37.6 Å². The van der Waals surface area contributed by atoms with E-state index in [9.17, 15) is 22.4 Å². The van der Waals surface area contributed by atoms with Crippen molar-refractivity contribution < 1.29 is 27.1 Å². The first-order valence-corrected chi connectivity index (χ1v) is 10.9. The molecule has 3 aromatic rings. The maximum absolute atomic E-state index is 13.6. The van der Waals surface area contributed by atoms with Gasteiger partial charge in [0.1, 0.15) is 6.10 Å². The molecule has 1 aliphatic carbocycles. The summed E-state index contributed by atoms with van der Waals surface area (Å²) in [6.45, 7) is 0.558. The standard InChI is InChI=1S/C24H20F4N4O2/c25-16-11-30-22(31-12-16)17-3-1-2-4-18(17)23(33)32-13-14-5-7-19(32)20(9-14)34-21-8-6-15(10-29-21)24(26,27)28/h1-4,6,8,10-12,14,19-20H,5,7,9,13H2/t14-,19-,20+/m0/s1. The summed E-state index contributed by atoms with van der Waals surface area (Å²) in [6.07, 6.45) is 0.350. The Labute approximate surface area is 192 Å². The molecule has 2 bridgehead atoms. The summed E-state index contributed by atoms with van der Waals surface area (Å²) < 4.78 is 57.7. The summed E-state index contributed by atoms with van der Waals surface area (Å²) in [5.41, 5.74) is 0.0466. The van der Waals surface area contributed by atoms with Crippen LogP contribution in [0.4, 0.5) is 17.6 Å². The maximum Gasteiger partial charge on any atom is 0.417 e. The van der Waals surface area contributed by atoms with Crippen molar-refractivity contribution in [1.82, 2.24) is 19.9 Å². The lowest BCUT2D eigenvalue weighted by molar-refractivity contribution is -0.137. The largest absolute Gasteiger partial charge is 0.472 e. The van der Waals surface area contributed by atoms with E-state index in [0.717, 1.165) is 37.5 Å². The highest BCUT2D eigenvalue weighted by Gasteiger charge is 2.45. The first-order valence-electron chi connectivity index (χ1n) is 10.9. The van der Waals surface area contributed by atoms with Crippen LogP contribution in [0.3, 0.4) is 0 Å². The van der Waals surface area contributed by atoms with Crippen LogP contribution < -0.4 is 4.74 Å². The predicted octanol–water partition coefficient (Wildman–Crippen LogP) is 4.77. The molecule has 2 saturated heterocycles. The Morgan fingerprint density at radius 1 is 1.00 bits per heavy atom. The Morgan fingerprint density at radius 3 is 2.44 bits per heavy atom. The van der Waals surface area contributed by atoms with Crippen LogP contribution in [0.5, 0.6) is 5.88 Å².